The van der Waals surface area contributed by atoms with Crippen molar-refractivity contribution in [3.8, 4) is 11.5 Å². The average molecular weight is 269 g/mol. The van der Waals surface area contributed by atoms with E-state index >= 15 is 0 Å². The van der Waals surface area contributed by atoms with E-state index in [2.05, 4.69) is 5.32 Å². The first-order chi connectivity index (χ1) is 9.15. The molecule has 108 valence electrons. The molecule has 5 nitrogen and oxygen atoms in total. The maximum absolute atomic E-state index is 10.2. The molecule has 5 heteroatoms. The average Bonchev–Trinajstić information content (AvgIpc) is 2.47. The van der Waals surface area contributed by atoms with E-state index in [1.165, 1.54) is 0 Å². The van der Waals surface area contributed by atoms with Crippen LogP contribution in [0, 0.1) is 0 Å². The molecule has 0 saturated heterocycles. The van der Waals surface area contributed by atoms with Crippen LogP contribution >= 0.6 is 0 Å². The van der Waals surface area contributed by atoms with Gasteiger partial charge in [0.1, 0.15) is 11.5 Å². The van der Waals surface area contributed by atoms with Gasteiger partial charge in [-0.3, -0.25) is 0 Å². The van der Waals surface area contributed by atoms with Crippen LogP contribution in [0.3, 0.4) is 0 Å². The van der Waals surface area contributed by atoms with Gasteiger partial charge in [-0.25, -0.2) is 0 Å². The van der Waals surface area contributed by atoms with Crippen molar-refractivity contribution in [1.29, 1.82) is 0 Å². The fourth-order valence-corrected chi connectivity index (χ4v) is 1.83. The fraction of sp³-hybridized carbons (Fsp3) is 0.571. The fourth-order valence-electron chi connectivity index (χ4n) is 1.83. The second-order valence-corrected chi connectivity index (χ2v) is 4.32. The van der Waals surface area contributed by atoms with Crippen molar-refractivity contribution in [3.05, 3.63) is 23.8 Å². The lowest BCUT2D eigenvalue weighted by Gasteiger charge is -2.19. The summed E-state index contributed by atoms with van der Waals surface area (Å²) < 4.78 is 10.4. The highest BCUT2D eigenvalue weighted by Crippen LogP contribution is 2.29. The van der Waals surface area contributed by atoms with Crippen LogP contribution in [0.1, 0.15) is 25.0 Å². The first-order valence-corrected chi connectivity index (χ1v) is 6.40. The van der Waals surface area contributed by atoms with Gasteiger partial charge in [-0.2, -0.15) is 0 Å². The van der Waals surface area contributed by atoms with Crippen LogP contribution < -0.4 is 14.8 Å². The van der Waals surface area contributed by atoms with Crippen LogP contribution in [-0.4, -0.2) is 43.6 Å². The van der Waals surface area contributed by atoms with E-state index < -0.39 is 6.10 Å². The van der Waals surface area contributed by atoms with Gasteiger partial charge in [-0.05, 0) is 24.6 Å². The summed E-state index contributed by atoms with van der Waals surface area (Å²) in [5.74, 6) is 1.29. The monoisotopic (exact) mass is 269 g/mol. The third kappa shape index (κ3) is 4.38. The quantitative estimate of drug-likeness (QED) is 0.659. The Morgan fingerprint density at radius 3 is 2.53 bits per heavy atom. The SMILES string of the molecule is CCC(CO)NCC(O)c1cc(OC)ccc1OC. The molecular weight excluding hydrogens is 246 g/mol. The number of nitrogens with one attached hydrogen (secondary N) is 1. The minimum atomic E-state index is -0.717. The van der Waals surface area contributed by atoms with Crippen molar-refractivity contribution >= 4 is 0 Å². The molecule has 0 bridgehead atoms. The highest BCUT2D eigenvalue weighted by Gasteiger charge is 2.15. The van der Waals surface area contributed by atoms with Gasteiger partial charge in [0.25, 0.3) is 0 Å². The van der Waals surface area contributed by atoms with Crippen LogP contribution in [0.15, 0.2) is 18.2 Å². The summed E-state index contributed by atoms with van der Waals surface area (Å²) in [6.45, 7) is 2.38. The van der Waals surface area contributed by atoms with Crippen LogP contribution in [0.5, 0.6) is 11.5 Å². The Kier molecular flexibility index (Phi) is 6.62. The molecule has 0 saturated carbocycles. The zero-order valence-electron chi connectivity index (χ0n) is 11.7. The topological polar surface area (TPSA) is 71.0 Å². The number of hydrogen-bond donors (Lipinski definition) is 3. The molecule has 1 aromatic carbocycles. The summed E-state index contributed by atoms with van der Waals surface area (Å²) >= 11 is 0. The van der Waals surface area contributed by atoms with E-state index in [0.29, 0.717) is 23.6 Å². The lowest BCUT2D eigenvalue weighted by atomic mass is 10.1. The van der Waals surface area contributed by atoms with E-state index in [0.717, 1.165) is 6.42 Å². The minimum absolute atomic E-state index is 0.00810. The maximum atomic E-state index is 10.2. The molecule has 2 atom stereocenters. The Hall–Kier alpha value is -1.30. The molecule has 0 amide bonds. The Labute approximate surface area is 114 Å². The number of methoxy groups -OCH3 is 2. The van der Waals surface area contributed by atoms with E-state index in [1.54, 1.807) is 32.4 Å². The van der Waals surface area contributed by atoms with Gasteiger partial charge in [0, 0.05) is 18.2 Å². The molecular formula is C14H23NO4. The summed E-state index contributed by atoms with van der Waals surface area (Å²) in [5.41, 5.74) is 0.669. The molecule has 0 spiro atoms. The molecule has 0 aliphatic carbocycles. The molecule has 2 unspecified atom stereocenters. The van der Waals surface area contributed by atoms with Crippen LogP contribution in [0.4, 0.5) is 0 Å². The molecule has 0 fully saturated rings. The van der Waals surface area contributed by atoms with Gasteiger partial charge in [-0.1, -0.05) is 6.92 Å². The predicted octanol–water partition coefficient (Wildman–Crippen LogP) is 1.10. The minimum Gasteiger partial charge on any atom is -0.497 e. The molecule has 0 aromatic heterocycles. The van der Waals surface area contributed by atoms with Crippen molar-refractivity contribution in [3.63, 3.8) is 0 Å². The number of rotatable bonds is 8. The van der Waals surface area contributed by atoms with Crippen LogP contribution in [-0.2, 0) is 0 Å². The largest absolute Gasteiger partial charge is 0.497 e. The van der Waals surface area contributed by atoms with Crippen molar-refractivity contribution < 1.29 is 19.7 Å². The van der Waals surface area contributed by atoms with Crippen molar-refractivity contribution in [2.45, 2.75) is 25.5 Å². The summed E-state index contributed by atoms with van der Waals surface area (Å²) in [6.07, 6.45) is 0.0870. The van der Waals surface area contributed by atoms with Gasteiger partial charge in [0.2, 0.25) is 0 Å². The van der Waals surface area contributed by atoms with Crippen molar-refractivity contribution in [2.75, 3.05) is 27.4 Å². The Balaban J connectivity index is 2.76. The zero-order chi connectivity index (χ0) is 14.3. The van der Waals surface area contributed by atoms with Gasteiger partial charge >= 0.3 is 0 Å². The molecule has 3 N–H and O–H groups in total. The van der Waals surface area contributed by atoms with Crippen LogP contribution in [0.2, 0.25) is 0 Å². The Bertz CT molecular complexity index is 380. The van der Waals surface area contributed by atoms with E-state index in [-0.39, 0.29) is 12.6 Å². The molecule has 19 heavy (non-hydrogen) atoms. The summed E-state index contributed by atoms with van der Waals surface area (Å²) in [5, 5.41) is 22.4. The van der Waals surface area contributed by atoms with E-state index in [4.69, 9.17) is 14.6 Å². The number of aliphatic hydroxyl groups is 2. The second kappa shape index (κ2) is 7.99. The number of ether oxygens (including phenoxy) is 2. The van der Waals surface area contributed by atoms with Crippen LogP contribution in [0.25, 0.3) is 0 Å². The first-order valence-electron chi connectivity index (χ1n) is 6.40. The number of aliphatic hydroxyl groups excluding tert-OH is 2. The molecule has 0 heterocycles. The smallest absolute Gasteiger partial charge is 0.124 e. The first kappa shape index (κ1) is 15.8. The molecule has 0 radical (unpaired) electrons. The van der Waals surface area contributed by atoms with E-state index in [9.17, 15) is 5.11 Å². The highest BCUT2D eigenvalue weighted by atomic mass is 16.5. The number of hydrogen-bond acceptors (Lipinski definition) is 5. The van der Waals surface area contributed by atoms with Crippen molar-refractivity contribution in [2.24, 2.45) is 0 Å². The van der Waals surface area contributed by atoms with E-state index in [1.807, 2.05) is 6.92 Å². The molecule has 1 aromatic rings. The summed E-state index contributed by atoms with van der Waals surface area (Å²) in [4.78, 5) is 0. The summed E-state index contributed by atoms with van der Waals surface area (Å²) in [7, 11) is 3.14. The molecule has 0 aliphatic rings. The van der Waals surface area contributed by atoms with Gasteiger partial charge in [0.05, 0.1) is 26.9 Å². The third-order valence-corrected chi connectivity index (χ3v) is 3.11. The molecule has 1 rings (SSSR count). The third-order valence-electron chi connectivity index (χ3n) is 3.11. The van der Waals surface area contributed by atoms with Gasteiger partial charge < -0.3 is 25.0 Å². The normalized spacial score (nSPS) is 13.9. The highest BCUT2D eigenvalue weighted by molar-refractivity contribution is 5.41. The maximum Gasteiger partial charge on any atom is 0.124 e. The lowest BCUT2D eigenvalue weighted by Crippen LogP contribution is -2.35. The Morgan fingerprint density at radius 1 is 1.26 bits per heavy atom. The van der Waals surface area contributed by atoms with Gasteiger partial charge in [-0.15, -0.1) is 0 Å². The Morgan fingerprint density at radius 2 is 2.00 bits per heavy atom. The summed E-state index contributed by atoms with van der Waals surface area (Å²) in [6, 6.07) is 5.29. The molecule has 0 aliphatic heterocycles. The standard InChI is InChI=1S/C14H23NO4/c1-4-10(9-16)15-8-13(17)12-7-11(18-2)5-6-14(12)19-3/h5-7,10,13,15-17H,4,8-9H2,1-3H3. The lowest BCUT2D eigenvalue weighted by molar-refractivity contribution is 0.154. The van der Waals surface area contributed by atoms with Gasteiger partial charge in [0.15, 0.2) is 0 Å². The predicted molar refractivity (Wildman–Crippen MR) is 73.7 cm³/mol. The number of benzene rings is 1. The zero-order valence-corrected chi connectivity index (χ0v) is 11.7. The second-order valence-electron chi connectivity index (χ2n) is 4.32. The van der Waals surface area contributed by atoms with Crippen molar-refractivity contribution in [1.82, 2.24) is 5.32 Å².